The van der Waals surface area contributed by atoms with Crippen molar-refractivity contribution in [2.45, 2.75) is 40.0 Å². The molecule has 0 saturated heterocycles. The fourth-order valence-corrected chi connectivity index (χ4v) is 2.90. The monoisotopic (exact) mass is 347 g/mol. The van der Waals surface area contributed by atoms with E-state index in [1.54, 1.807) is 0 Å². The number of anilines is 1. The van der Waals surface area contributed by atoms with Gasteiger partial charge in [0.15, 0.2) is 0 Å². The summed E-state index contributed by atoms with van der Waals surface area (Å²) in [6, 6.07) is 18.0. The minimum atomic E-state index is -0.147. The third kappa shape index (κ3) is 4.23. The number of hydrogen-bond donors (Lipinski definition) is 1. The highest BCUT2D eigenvalue weighted by Crippen LogP contribution is 2.26. The van der Waals surface area contributed by atoms with Gasteiger partial charge in [0.1, 0.15) is 11.5 Å². The summed E-state index contributed by atoms with van der Waals surface area (Å²) in [4.78, 5) is 12.6. The molecule has 2 aromatic carbocycles. The van der Waals surface area contributed by atoms with E-state index < -0.39 is 0 Å². The summed E-state index contributed by atoms with van der Waals surface area (Å²) in [5.41, 5.74) is 4.82. The predicted molar refractivity (Wildman–Crippen MR) is 107 cm³/mol. The van der Waals surface area contributed by atoms with Crippen molar-refractivity contribution in [2.75, 3.05) is 5.32 Å². The Balaban J connectivity index is 1.72. The molecular formula is C23H25NO2. The molecule has 0 aliphatic rings. The summed E-state index contributed by atoms with van der Waals surface area (Å²) in [5.74, 6) is 1.19. The van der Waals surface area contributed by atoms with Crippen LogP contribution in [0.25, 0.3) is 11.3 Å². The molecular weight excluding hydrogens is 322 g/mol. The number of furan rings is 1. The summed E-state index contributed by atoms with van der Waals surface area (Å²) in [6.45, 7) is 6.05. The molecule has 0 fully saturated rings. The minimum Gasteiger partial charge on any atom is -0.461 e. The molecule has 1 heterocycles. The first-order valence-corrected chi connectivity index (χ1v) is 9.14. The molecule has 26 heavy (non-hydrogen) atoms. The number of carbonyl (C=O) groups excluding carboxylic acids is 1. The van der Waals surface area contributed by atoms with Crippen LogP contribution in [0.4, 0.5) is 5.69 Å². The number of carbonyl (C=O) groups is 1. The second-order valence-electron chi connectivity index (χ2n) is 6.70. The van der Waals surface area contributed by atoms with Gasteiger partial charge in [-0.25, -0.2) is 0 Å². The van der Waals surface area contributed by atoms with Gasteiger partial charge in [-0.15, -0.1) is 0 Å². The number of aryl methyl sites for hydroxylation is 3. The molecule has 0 saturated carbocycles. The largest absolute Gasteiger partial charge is 0.461 e. The fraction of sp³-hybridized carbons (Fsp3) is 0.261. The first-order valence-electron chi connectivity index (χ1n) is 9.14. The normalized spacial score (nSPS) is 10.7. The van der Waals surface area contributed by atoms with Crippen molar-refractivity contribution in [1.82, 2.24) is 0 Å². The SMILES string of the molecule is CCCCc1ccc(NC(=O)c2cc(-c3ccc(C)cc3)oc2C)cc1. The van der Waals surface area contributed by atoms with Crippen LogP contribution in [-0.2, 0) is 6.42 Å². The summed E-state index contributed by atoms with van der Waals surface area (Å²) in [6.07, 6.45) is 3.44. The number of benzene rings is 2. The molecule has 3 heteroatoms. The van der Waals surface area contributed by atoms with E-state index in [-0.39, 0.29) is 5.91 Å². The zero-order valence-electron chi connectivity index (χ0n) is 15.6. The first kappa shape index (κ1) is 18.0. The van der Waals surface area contributed by atoms with Crippen LogP contribution in [0.2, 0.25) is 0 Å². The zero-order valence-corrected chi connectivity index (χ0v) is 15.6. The molecule has 3 rings (SSSR count). The van der Waals surface area contributed by atoms with Gasteiger partial charge in [-0.2, -0.15) is 0 Å². The maximum Gasteiger partial charge on any atom is 0.259 e. The second-order valence-corrected chi connectivity index (χ2v) is 6.70. The fourth-order valence-electron chi connectivity index (χ4n) is 2.90. The Labute approximate surface area is 155 Å². The van der Waals surface area contributed by atoms with Crippen LogP contribution >= 0.6 is 0 Å². The quantitative estimate of drug-likeness (QED) is 0.580. The Morgan fingerprint density at radius 3 is 2.35 bits per heavy atom. The summed E-state index contributed by atoms with van der Waals surface area (Å²) in [5, 5.41) is 2.96. The number of hydrogen-bond acceptors (Lipinski definition) is 2. The van der Waals surface area contributed by atoms with Gasteiger partial charge in [-0.1, -0.05) is 55.3 Å². The van der Waals surface area contributed by atoms with Crippen LogP contribution in [0, 0.1) is 13.8 Å². The zero-order chi connectivity index (χ0) is 18.5. The smallest absolute Gasteiger partial charge is 0.259 e. The molecule has 3 aromatic rings. The van der Waals surface area contributed by atoms with Crippen molar-refractivity contribution in [3.63, 3.8) is 0 Å². The molecule has 0 spiro atoms. The molecule has 134 valence electrons. The van der Waals surface area contributed by atoms with Crippen molar-refractivity contribution in [3.05, 3.63) is 77.0 Å². The van der Waals surface area contributed by atoms with E-state index in [0.29, 0.717) is 17.1 Å². The second kappa shape index (κ2) is 8.05. The Hall–Kier alpha value is -2.81. The van der Waals surface area contributed by atoms with Gasteiger partial charge in [0, 0.05) is 11.3 Å². The molecule has 0 aliphatic carbocycles. The molecule has 0 unspecified atom stereocenters. The molecule has 0 radical (unpaired) electrons. The van der Waals surface area contributed by atoms with Crippen LogP contribution in [0.3, 0.4) is 0 Å². The maximum atomic E-state index is 12.6. The highest BCUT2D eigenvalue weighted by atomic mass is 16.3. The van der Waals surface area contributed by atoms with E-state index in [4.69, 9.17) is 4.42 Å². The van der Waals surface area contributed by atoms with Crippen molar-refractivity contribution < 1.29 is 9.21 Å². The highest BCUT2D eigenvalue weighted by molar-refractivity contribution is 6.05. The van der Waals surface area contributed by atoms with Gasteiger partial charge in [0.05, 0.1) is 5.56 Å². The van der Waals surface area contributed by atoms with Crippen LogP contribution < -0.4 is 5.32 Å². The van der Waals surface area contributed by atoms with E-state index in [1.165, 1.54) is 24.0 Å². The van der Waals surface area contributed by atoms with Gasteiger partial charge >= 0.3 is 0 Å². The van der Waals surface area contributed by atoms with Gasteiger partial charge in [0.25, 0.3) is 5.91 Å². The Bertz CT molecular complexity index is 874. The maximum absolute atomic E-state index is 12.6. The molecule has 1 aromatic heterocycles. The first-order chi connectivity index (χ1) is 12.6. The summed E-state index contributed by atoms with van der Waals surface area (Å²) in [7, 11) is 0. The topological polar surface area (TPSA) is 42.2 Å². The molecule has 0 aliphatic heterocycles. The number of amides is 1. The third-order valence-corrected chi connectivity index (χ3v) is 4.53. The molecule has 0 bridgehead atoms. The number of nitrogens with one attached hydrogen (secondary N) is 1. The average molecular weight is 347 g/mol. The number of unbranched alkanes of at least 4 members (excludes halogenated alkanes) is 1. The molecule has 1 amide bonds. The molecule has 1 N–H and O–H groups in total. The van der Waals surface area contributed by atoms with Crippen LogP contribution in [0.5, 0.6) is 0 Å². The van der Waals surface area contributed by atoms with Crippen LogP contribution in [0.15, 0.2) is 59.0 Å². The van der Waals surface area contributed by atoms with Gasteiger partial charge in [-0.05, 0) is 50.5 Å². The van der Waals surface area contributed by atoms with Crippen molar-refractivity contribution in [1.29, 1.82) is 0 Å². The van der Waals surface area contributed by atoms with Crippen LogP contribution in [0.1, 0.15) is 47.0 Å². The number of rotatable bonds is 6. The Morgan fingerprint density at radius 2 is 1.69 bits per heavy atom. The van der Waals surface area contributed by atoms with Gasteiger partial charge in [-0.3, -0.25) is 4.79 Å². The van der Waals surface area contributed by atoms with Crippen molar-refractivity contribution in [2.24, 2.45) is 0 Å². The third-order valence-electron chi connectivity index (χ3n) is 4.53. The Morgan fingerprint density at radius 1 is 1.00 bits per heavy atom. The van der Waals surface area contributed by atoms with E-state index in [9.17, 15) is 4.79 Å². The van der Waals surface area contributed by atoms with Gasteiger partial charge < -0.3 is 9.73 Å². The predicted octanol–water partition coefficient (Wildman–Crippen LogP) is 6.16. The van der Waals surface area contributed by atoms with E-state index in [2.05, 4.69) is 24.4 Å². The van der Waals surface area contributed by atoms with Gasteiger partial charge in [0.2, 0.25) is 0 Å². The molecule has 3 nitrogen and oxygen atoms in total. The minimum absolute atomic E-state index is 0.147. The lowest BCUT2D eigenvalue weighted by Gasteiger charge is -2.06. The standard InChI is InChI=1S/C23H25NO2/c1-4-5-6-18-9-13-20(14-10-18)24-23(25)21-15-22(26-17(21)3)19-11-7-16(2)8-12-19/h7-15H,4-6H2,1-3H3,(H,24,25). The van der Waals surface area contributed by atoms with Crippen molar-refractivity contribution >= 4 is 11.6 Å². The lowest BCUT2D eigenvalue weighted by molar-refractivity contribution is 0.102. The Kier molecular flexibility index (Phi) is 5.57. The van der Waals surface area contributed by atoms with E-state index >= 15 is 0 Å². The summed E-state index contributed by atoms with van der Waals surface area (Å²) >= 11 is 0. The van der Waals surface area contributed by atoms with Crippen LogP contribution in [-0.4, -0.2) is 5.91 Å². The van der Waals surface area contributed by atoms with Crippen molar-refractivity contribution in [3.8, 4) is 11.3 Å². The lowest BCUT2D eigenvalue weighted by Crippen LogP contribution is -2.12. The van der Waals surface area contributed by atoms with E-state index in [1.807, 2.05) is 56.3 Å². The lowest BCUT2D eigenvalue weighted by atomic mass is 10.1. The van der Waals surface area contributed by atoms with E-state index in [0.717, 1.165) is 17.7 Å². The highest BCUT2D eigenvalue weighted by Gasteiger charge is 2.16. The molecule has 0 atom stereocenters. The summed E-state index contributed by atoms with van der Waals surface area (Å²) < 4.78 is 5.80. The average Bonchev–Trinajstić information content (AvgIpc) is 3.03.